The van der Waals surface area contributed by atoms with Crippen LogP contribution in [-0.2, 0) is 0 Å². The average Bonchev–Trinajstić information content (AvgIpc) is 2.08. The standard InChI is InChI=1S/C9H13N3O/c1-7(10)3-2-4-8-5-11-6-12-9(8)13/h2,4-7H,3,10H2,1H3,(H,11,12,13)/b4-2+. The van der Waals surface area contributed by atoms with Crippen LogP contribution in [-0.4, -0.2) is 21.1 Å². The van der Waals surface area contributed by atoms with Gasteiger partial charge in [-0.2, -0.15) is 0 Å². The highest BCUT2D eigenvalue weighted by atomic mass is 16.3. The van der Waals surface area contributed by atoms with Crippen LogP contribution >= 0.6 is 0 Å². The third-order valence-electron chi connectivity index (χ3n) is 1.52. The van der Waals surface area contributed by atoms with Gasteiger partial charge < -0.3 is 10.8 Å². The smallest absolute Gasteiger partial charge is 0.221 e. The van der Waals surface area contributed by atoms with E-state index >= 15 is 0 Å². The fourth-order valence-corrected chi connectivity index (χ4v) is 0.861. The van der Waals surface area contributed by atoms with E-state index < -0.39 is 0 Å². The molecule has 3 N–H and O–H groups in total. The molecule has 1 rings (SSSR count). The van der Waals surface area contributed by atoms with Crippen molar-refractivity contribution in [3.05, 3.63) is 24.2 Å². The topological polar surface area (TPSA) is 72.0 Å². The van der Waals surface area contributed by atoms with Crippen molar-refractivity contribution < 1.29 is 5.11 Å². The number of rotatable bonds is 3. The molecule has 0 radical (unpaired) electrons. The van der Waals surface area contributed by atoms with E-state index in [0.29, 0.717) is 5.56 Å². The summed E-state index contributed by atoms with van der Waals surface area (Å²) in [5.74, 6) is -0.00377. The molecule has 1 aromatic rings. The fraction of sp³-hybridized carbons (Fsp3) is 0.333. The van der Waals surface area contributed by atoms with Gasteiger partial charge in [0.05, 0.1) is 5.56 Å². The highest BCUT2D eigenvalue weighted by molar-refractivity contribution is 5.52. The molecule has 0 aromatic carbocycles. The van der Waals surface area contributed by atoms with Crippen LogP contribution in [0.2, 0.25) is 0 Å². The molecule has 1 aromatic heterocycles. The van der Waals surface area contributed by atoms with E-state index in [1.807, 2.05) is 13.0 Å². The first-order chi connectivity index (χ1) is 6.20. The molecule has 0 aliphatic rings. The average molecular weight is 179 g/mol. The van der Waals surface area contributed by atoms with Gasteiger partial charge in [0.1, 0.15) is 6.33 Å². The zero-order chi connectivity index (χ0) is 9.68. The van der Waals surface area contributed by atoms with Gasteiger partial charge in [0.2, 0.25) is 5.88 Å². The summed E-state index contributed by atoms with van der Waals surface area (Å²) >= 11 is 0. The maximum atomic E-state index is 9.24. The molecule has 0 aliphatic heterocycles. The lowest BCUT2D eigenvalue weighted by atomic mass is 10.2. The third kappa shape index (κ3) is 3.21. The van der Waals surface area contributed by atoms with Gasteiger partial charge in [0.25, 0.3) is 0 Å². The van der Waals surface area contributed by atoms with Crippen LogP contribution in [0.1, 0.15) is 18.9 Å². The maximum Gasteiger partial charge on any atom is 0.221 e. The molecule has 0 bridgehead atoms. The highest BCUT2D eigenvalue weighted by Gasteiger charge is 1.96. The van der Waals surface area contributed by atoms with Gasteiger partial charge in [-0.25, -0.2) is 9.97 Å². The molecule has 1 heterocycles. The Morgan fingerprint density at radius 1 is 1.69 bits per heavy atom. The Morgan fingerprint density at radius 3 is 3.08 bits per heavy atom. The van der Waals surface area contributed by atoms with Crippen molar-refractivity contribution >= 4 is 6.08 Å². The van der Waals surface area contributed by atoms with Crippen molar-refractivity contribution in [1.82, 2.24) is 9.97 Å². The fourth-order valence-electron chi connectivity index (χ4n) is 0.861. The Labute approximate surface area is 77.1 Å². The van der Waals surface area contributed by atoms with Crippen LogP contribution in [0.15, 0.2) is 18.6 Å². The van der Waals surface area contributed by atoms with E-state index in [9.17, 15) is 5.11 Å². The minimum Gasteiger partial charge on any atom is -0.493 e. The third-order valence-corrected chi connectivity index (χ3v) is 1.52. The second-order valence-corrected chi connectivity index (χ2v) is 2.92. The van der Waals surface area contributed by atoms with E-state index in [4.69, 9.17) is 5.73 Å². The summed E-state index contributed by atoms with van der Waals surface area (Å²) in [5.41, 5.74) is 6.16. The molecule has 70 valence electrons. The Morgan fingerprint density at radius 2 is 2.46 bits per heavy atom. The van der Waals surface area contributed by atoms with Gasteiger partial charge in [0, 0.05) is 12.2 Å². The van der Waals surface area contributed by atoms with Gasteiger partial charge in [-0.1, -0.05) is 12.2 Å². The zero-order valence-corrected chi connectivity index (χ0v) is 7.51. The number of hydrogen-bond donors (Lipinski definition) is 2. The largest absolute Gasteiger partial charge is 0.493 e. The van der Waals surface area contributed by atoms with Crippen LogP contribution in [0.3, 0.4) is 0 Å². The van der Waals surface area contributed by atoms with E-state index in [1.54, 1.807) is 12.3 Å². The van der Waals surface area contributed by atoms with Gasteiger partial charge >= 0.3 is 0 Å². The van der Waals surface area contributed by atoms with Crippen LogP contribution < -0.4 is 5.73 Å². The first-order valence-corrected chi connectivity index (χ1v) is 4.11. The lowest BCUT2D eigenvalue weighted by molar-refractivity contribution is 0.450. The van der Waals surface area contributed by atoms with Gasteiger partial charge in [-0.05, 0) is 13.3 Å². The monoisotopic (exact) mass is 179 g/mol. The summed E-state index contributed by atoms with van der Waals surface area (Å²) in [6.07, 6.45) is 7.29. The summed E-state index contributed by atoms with van der Waals surface area (Å²) in [7, 11) is 0. The second-order valence-electron chi connectivity index (χ2n) is 2.92. The van der Waals surface area contributed by atoms with Crippen molar-refractivity contribution in [2.75, 3.05) is 0 Å². The molecule has 0 fully saturated rings. The van der Waals surface area contributed by atoms with E-state index in [0.717, 1.165) is 6.42 Å². The minimum atomic E-state index is -0.00377. The van der Waals surface area contributed by atoms with Crippen LogP contribution in [0.25, 0.3) is 6.08 Å². The van der Waals surface area contributed by atoms with E-state index in [2.05, 4.69) is 9.97 Å². The zero-order valence-electron chi connectivity index (χ0n) is 7.51. The van der Waals surface area contributed by atoms with Crippen molar-refractivity contribution in [2.45, 2.75) is 19.4 Å². The van der Waals surface area contributed by atoms with Crippen LogP contribution in [0.5, 0.6) is 5.88 Å². The van der Waals surface area contributed by atoms with Crippen molar-refractivity contribution in [2.24, 2.45) is 5.73 Å². The number of aromatic nitrogens is 2. The summed E-state index contributed by atoms with van der Waals surface area (Å²) in [4.78, 5) is 7.43. The molecule has 13 heavy (non-hydrogen) atoms. The molecule has 0 spiro atoms. The lowest BCUT2D eigenvalue weighted by Crippen LogP contribution is -2.12. The molecular weight excluding hydrogens is 166 g/mol. The summed E-state index contributed by atoms with van der Waals surface area (Å²) in [6, 6.07) is 0.128. The molecule has 1 atom stereocenters. The normalized spacial score (nSPS) is 13.4. The molecular formula is C9H13N3O. The number of nitrogens with two attached hydrogens (primary N) is 1. The predicted molar refractivity (Wildman–Crippen MR) is 51.0 cm³/mol. The SMILES string of the molecule is CC(N)C/C=C/c1cncnc1O. The summed E-state index contributed by atoms with van der Waals surface area (Å²) < 4.78 is 0. The Hall–Kier alpha value is -1.42. The van der Waals surface area contributed by atoms with E-state index in [-0.39, 0.29) is 11.9 Å². The Kier molecular flexibility index (Phi) is 3.40. The van der Waals surface area contributed by atoms with Crippen LogP contribution in [0, 0.1) is 0 Å². The highest BCUT2D eigenvalue weighted by Crippen LogP contribution is 2.12. The van der Waals surface area contributed by atoms with E-state index in [1.165, 1.54) is 6.33 Å². The first kappa shape index (κ1) is 9.67. The molecule has 4 heteroatoms. The maximum absolute atomic E-state index is 9.24. The summed E-state index contributed by atoms with van der Waals surface area (Å²) in [5, 5.41) is 9.24. The van der Waals surface area contributed by atoms with Crippen molar-refractivity contribution in [3.63, 3.8) is 0 Å². The molecule has 0 amide bonds. The molecule has 4 nitrogen and oxygen atoms in total. The van der Waals surface area contributed by atoms with Crippen LogP contribution in [0.4, 0.5) is 0 Å². The van der Waals surface area contributed by atoms with Crippen molar-refractivity contribution in [3.8, 4) is 5.88 Å². The van der Waals surface area contributed by atoms with Gasteiger partial charge in [0.15, 0.2) is 0 Å². The van der Waals surface area contributed by atoms with Crippen molar-refractivity contribution in [1.29, 1.82) is 0 Å². The first-order valence-electron chi connectivity index (χ1n) is 4.11. The van der Waals surface area contributed by atoms with Gasteiger partial charge in [-0.3, -0.25) is 0 Å². The molecule has 0 aliphatic carbocycles. The Bertz CT molecular complexity index is 297. The minimum absolute atomic E-state index is 0.00377. The number of nitrogens with zero attached hydrogens (tertiary/aromatic N) is 2. The predicted octanol–water partition coefficient (Wildman–Crippen LogP) is 0.933. The Balaban J connectivity index is 2.63. The molecule has 1 unspecified atom stereocenters. The number of hydrogen-bond acceptors (Lipinski definition) is 4. The second kappa shape index (κ2) is 4.57. The van der Waals surface area contributed by atoms with Gasteiger partial charge in [-0.15, -0.1) is 0 Å². The quantitative estimate of drug-likeness (QED) is 0.724. The lowest BCUT2D eigenvalue weighted by Gasteiger charge is -1.98. The number of aromatic hydroxyl groups is 1. The summed E-state index contributed by atoms with van der Waals surface area (Å²) in [6.45, 7) is 1.92. The molecule has 0 saturated carbocycles. The molecule has 0 saturated heterocycles.